The molecule has 0 atom stereocenters. The zero-order chi connectivity index (χ0) is 11.1. The summed E-state index contributed by atoms with van der Waals surface area (Å²) >= 11 is 0. The molecule has 0 bridgehead atoms. The molecule has 0 radical (unpaired) electrons. The van der Waals surface area contributed by atoms with E-state index < -0.39 is 0 Å². The second-order valence-electron chi connectivity index (χ2n) is 3.34. The fourth-order valence-corrected chi connectivity index (χ4v) is 1.15. The van der Waals surface area contributed by atoms with Crippen molar-refractivity contribution in [3.63, 3.8) is 0 Å². The van der Waals surface area contributed by atoms with E-state index in [2.05, 4.69) is 0 Å². The van der Waals surface area contributed by atoms with Crippen LogP contribution in [0.2, 0.25) is 0 Å². The van der Waals surface area contributed by atoms with Crippen molar-refractivity contribution < 1.29 is 14.3 Å². The second kappa shape index (κ2) is 5.96. The van der Waals surface area contributed by atoms with Gasteiger partial charge < -0.3 is 9.53 Å². The first kappa shape index (κ1) is 11.4. The molecule has 1 rings (SSSR count). The van der Waals surface area contributed by atoms with Crippen molar-refractivity contribution in [1.29, 1.82) is 0 Å². The average molecular weight is 206 g/mol. The number of esters is 1. The molecule has 1 aromatic carbocycles. The van der Waals surface area contributed by atoms with Crippen LogP contribution >= 0.6 is 0 Å². The number of rotatable bonds is 5. The number of ketones is 1. The molecule has 0 amide bonds. The molecule has 0 aliphatic heterocycles. The minimum absolute atomic E-state index is 0.0995. The van der Waals surface area contributed by atoms with Gasteiger partial charge in [0, 0.05) is 12.8 Å². The highest BCUT2D eigenvalue weighted by Gasteiger charge is 2.04. The molecule has 0 aliphatic rings. The van der Waals surface area contributed by atoms with Crippen LogP contribution in [0, 0.1) is 0 Å². The molecular formula is C12H14O3. The SMILES string of the molecule is CC(=O)CCCC(=O)Oc1ccccc1. The lowest BCUT2D eigenvalue weighted by atomic mass is 10.2. The molecule has 0 saturated heterocycles. The van der Waals surface area contributed by atoms with Gasteiger partial charge in [0.25, 0.3) is 0 Å². The minimum atomic E-state index is -0.289. The number of hydrogen-bond donors (Lipinski definition) is 0. The Morgan fingerprint density at radius 1 is 1.13 bits per heavy atom. The Balaban J connectivity index is 2.28. The van der Waals surface area contributed by atoms with Gasteiger partial charge in [-0.3, -0.25) is 4.79 Å². The van der Waals surface area contributed by atoms with Crippen molar-refractivity contribution in [3.8, 4) is 5.75 Å². The van der Waals surface area contributed by atoms with Gasteiger partial charge in [0.2, 0.25) is 0 Å². The molecule has 0 aliphatic carbocycles. The van der Waals surface area contributed by atoms with E-state index in [1.807, 2.05) is 6.07 Å². The van der Waals surface area contributed by atoms with Crippen LogP contribution in [0.5, 0.6) is 5.75 Å². The molecule has 3 nitrogen and oxygen atoms in total. The van der Waals surface area contributed by atoms with Crippen LogP contribution in [0.25, 0.3) is 0 Å². The highest BCUT2D eigenvalue weighted by atomic mass is 16.5. The van der Waals surface area contributed by atoms with E-state index in [0.717, 1.165) is 0 Å². The topological polar surface area (TPSA) is 43.4 Å². The lowest BCUT2D eigenvalue weighted by Gasteiger charge is -2.02. The first-order valence-corrected chi connectivity index (χ1v) is 4.93. The smallest absolute Gasteiger partial charge is 0.311 e. The van der Waals surface area contributed by atoms with E-state index in [1.165, 1.54) is 6.92 Å². The van der Waals surface area contributed by atoms with E-state index in [9.17, 15) is 9.59 Å². The molecule has 0 spiro atoms. The summed E-state index contributed by atoms with van der Waals surface area (Å²) < 4.78 is 5.05. The third-order valence-electron chi connectivity index (χ3n) is 1.88. The lowest BCUT2D eigenvalue weighted by Crippen LogP contribution is -2.08. The number of benzene rings is 1. The third kappa shape index (κ3) is 4.96. The summed E-state index contributed by atoms with van der Waals surface area (Å²) in [7, 11) is 0. The maximum atomic E-state index is 11.3. The molecule has 0 fully saturated rings. The second-order valence-corrected chi connectivity index (χ2v) is 3.34. The molecular weight excluding hydrogens is 192 g/mol. The van der Waals surface area contributed by atoms with Gasteiger partial charge in [-0.15, -0.1) is 0 Å². The molecule has 0 unspecified atom stereocenters. The summed E-state index contributed by atoms with van der Waals surface area (Å²) in [4.78, 5) is 21.9. The number of ether oxygens (including phenoxy) is 1. The third-order valence-corrected chi connectivity index (χ3v) is 1.88. The van der Waals surface area contributed by atoms with Crippen LogP contribution in [0.4, 0.5) is 0 Å². The monoisotopic (exact) mass is 206 g/mol. The van der Waals surface area contributed by atoms with Gasteiger partial charge in [-0.05, 0) is 25.5 Å². The molecule has 0 aromatic heterocycles. The number of carbonyl (C=O) groups is 2. The van der Waals surface area contributed by atoms with Crippen LogP contribution in [0.3, 0.4) is 0 Å². The Morgan fingerprint density at radius 2 is 1.80 bits per heavy atom. The van der Waals surface area contributed by atoms with Crippen molar-refractivity contribution in [3.05, 3.63) is 30.3 Å². The molecule has 15 heavy (non-hydrogen) atoms. The zero-order valence-corrected chi connectivity index (χ0v) is 8.73. The first-order valence-electron chi connectivity index (χ1n) is 4.93. The summed E-state index contributed by atoms with van der Waals surface area (Å²) in [5, 5.41) is 0. The highest BCUT2D eigenvalue weighted by molar-refractivity contribution is 5.77. The summed E-state index contributed by atoms with van der Waals surface area (Å²) in [6, 6.07) is 8.91. The van der Waals surface area contributed by atoms with Crippen LogP contribution in [0.15, 0.2) is 30.3 Å². The van der Waals surface area contributed by atoms with Gasteiger partial charge in [-0.25, -0.2) is 0 Å². The Morgan fingerprint density at radius 3 is 2.40 bits per heavy atom. The zero-order valence-electron chi connectivity index (χ0n) is 8.73. The standard InChI is InChI=1S/C12H14O3/c1-10(13)6-5-9-12(14)15-11-7-3-2-4-8-11/h2-4,7-8H,5-6,9H2,1H3. The van der Waals surface area contributed by atoms with Gasteiger partial charge in [0.15, 0.2) is 0 Å². The van der Waals surface area contributed by atoms with E-state index in [-0.39, 0.29) is 18.2 Å². The Hall–Kier alpha value is -1.64. The van der Waals surface area contributed by atoms with Crippen molar-refractivity contribution >= 4 is 11.8 Å². The van der Waals surface area contributed by atoms with E-state index in [4.69, 9.17) is 4.74 Å². The van der Waals surface area contributed by atoms with Gasteiger partial charge >= 0.3 is 5.97 Å². The van der Waals surface area contributed by atoms with Crippen molar-refractivity contribution in [2.45, 2.75) is 26.2 Å². The van der Waals surface area contributed by atoms with Gasteiger partial charge in [0.05, 0.1) is 0 Å². The fraction of sp³-hybridized carbons (Fsp3) is 0.333. The van der Waals surface area contributed by atoms with Crippen LogP contribution in [0.1, 0.15) is 26.2 Å². The van der Waals surface area contributed by atoms with Crippen molar-refractivity contribution in [1.82, 2.24) is 0 Å². The summed E-state index contributed by atoms with van der Waals surface area (Å²) in [6.45, 7) is 1.52. The van der Waals surface area contributed by atoms with Crippen LogP contribution in [-0.2, 0) is 9.59 Å². The van der Waals surface area contributed by atoms with Gasteiger partial charge in [0.1, 0.15) is 11.5 Å². The van der Waals surface area contributed by atoms with Crippen LogP contribution < -0.4 is 4.74 Å². The van der Waals surface area contributed by atoms with Gasteiger partial charge in [-0.1, -0.05) is 18.2 Å². The summed E-state index contributed by atoms with van der Waals surface area (Å²) in [6.07, 6.45) is 1.28. The van der Waals surface area contributed by atoms with Crippen LogP contribution in [-0.4, -0.2) is 11.8 Å². The molecule has 3 heteroatoms. The molecule has 0 heterocycles. The molecule has 0 saturated carbocycles. The van der Waals surface area contributed by atoms with Gasteiger partial charge in [-0.2, -0.15) is 0 Å². The Bertz CT molecular complexity index is 330. The number of carbonyl (C=O) groups excluding carboxylic acids is 2. The fourth-order valence-electron chi connectivity index (χ4n) is 1.15. The number of Topliss-reactive ketones (excluding diaryl/α,β-unsaturated/α-hetero) is 1. The normalized spacial score (nSPS) is 9.67. The highest BCUT2D eigenvalue weighted by Crippen LogP contribution is 2.10. The molecule has 80 valence electrons. The minimum Gasteiger partial charge on any atom is -0.427 e. The predicted molar refractivity (Wildman–Crippen MR) is 56.6 cm³/mol. The van der Waals surface area contributed by atoms with E-state index in [1.54, 1.807) is 24.3 Å². The van der Waals surface area contributed by atoms with E-state index in [0.29, 0.717) is 18.6 Å². The Kier molecular flexibility index (Phi) is 4.54. The maximum Gasteiger partial charge on any atom is 0.311 e. The molecule has 0 N–H and O–H groups in total. The average Bonchev–Trinajstić information content (AvgIpc) is 2.18. The maximum absolute atomic E-state index is 11.3. The summed E-state index contributed by atoms with van der Waals surface area (Å²) in [5.74, 6) is 0.357. The lowest BCUT2D eigenvalue weighted by molar-refractivity contribution is -0.134. The number of hydrogen-bond acceptors (Lipinski definition) is 3. The Labute approximate surface area is 89.1 Å². The number of para-hydroxylation sites is 1. The van der Waals surface area contributed by atoms with Crippen molar-refractivity contribution in [2.24, 2.45) is 0 Å². The quantitative estimate of drug-likeness (QED) is 0.548. The molecule has 1 aromatic rings. The summed E-state index contributed by atoms with van der Waals surface area (Å²) in [5.41, 5.74) is 0. The predicted octanol–water partition coefficient (Wildman–Crippen LogP) is 2.35. The largest absolute Gasteiger partial charge is 0.427 e. The van der Waals surface area contributed by atoms with Crippen molar-refractivity contribution in [2.75, 3.05) is 0 Å². The van der Waals surface area contributed by atoms with E-state index >= 15 is 0 Å². The first-order chi connectivity index (χ1) is 7.18.